The summed E-state index contributed by atoms with van der Waals surface area (Å²) in [5, 5.41) is 6.16. The second-order valence-electron chi connectivity index (χ2n) is 7.44. The van der Waals surface area contributed by atoms with Gasteiger partial charge in [-0.3, -0.25) is 4.79 Å². The van der Waals surface area contributed by atoms with Gasteiger partial charge in [-0.05, 0) is 51.3 Å². The lowest BCUT2D eigenvalue weighted by molar-refractivity contribution is -0.138. The van der Waals surface area contributed by atoms with E-state index in [2.05, 4.69) is 15.6 Å². The Morgan fingerprint density at radius 2 is 2.07 bits per heavy atom. The molecule has 6 nitrogen and oxygen atoms in total. The summed E-state index contributed by atoms with van der Waals surface area (Å²) < 4.78 is 45.9. The molecule has 0 saturated carbocycles. The van der Waals surface area contributed by atoms with Gasteiger partial charge in [0.1, 0.15) is 5.75 Å². The van der Waals surface area contributed by atoms with Gasteiger partial charge in [-0.2, -0.15) is 13.2 Å². The summed E-state index contributed by atoms with van der Waals surface area (Å²) in [6, 6.07) is 3.97. The van der Waals surface area contributed by atoms with Crippen LogP contribution in [0.2, 0.25) is 0 Å². The highest BCUT2D eigenvalue weighted by atomic mass is 19.4. The number of halogens is 3. The van der Waals surface area contributed by atoms with Crippen LogP contribution in [0.4, 0.5) is 13.2 Å². The van der Waals surface area contributed by atoms with Gasteiger partial charge in [0.2, 0.25) is 5.91 Å². The van der Waals surface area contributed by atoms with Gasteiger partial charge in [-0.25, -0.2) is 4.99 Å². The van der Waals surface area contributed by atoms with Crippen LogP contribution in [0.1, 0.15) is 51.2 Å². The number of carbonyl (C=O) groups excluding carboxylic acids is 1. The summed E-state index contributed by atoms with van der Waals surface area (Å²) in [6.07, 6.45) is -2.45. The highest BCUT2D eigenvalue weighted by molar-refractivity contribution is 5.80. The number of nitrogens with zero attached hydrogens (tertiary/aromatic N) is 2. The van der Waals surface area contributed by atoms with E-state index in [4.69, 9.17) is 4.74 Å². The molecule has 0 spiro atoms. The summed E-state index contributed by atoms with van der Waals surface area (Å²) in [6.45, 7) is 7.92. The number of amides is 1. The van der Waals surface area contributed by atoms with Crippen molar-refractivity contribution in [1.29, 1.82) is 0 Å². The molecule has 0 unspecified atom stereocenters. The molecule has 1 aromatic rings. The Hall–Kier alpha value is -2.45. The standard InChI is InChI=1S/C21H31F3N4O2/c1-4-25-20(26-10-6-12-28-11-5-7-19(28)29)27-14-16-8-9-17(30-15(2)3)13-18(16)21(22,23)24/h8-9,13,15H,4-7,10-12,14H2,1-3H3,(H2,25,26,27). The third-order valence-corrected chi connectivity index (χ3v) is 4.58. The fourth-order valence-corrected chi connectivity index (χ4v) is 3.23. The maximum Gasteiger partial charge on any atom is 0.416 e. The monoisotopic (exact) mass is 428 g/mol. The van der Waals surface area contributed by atoms with Gasteiger partial charge in [-0.1, -0.05) is 6.07 Å². The van der Waals surface area contributed by atoms with E-state index in [1.54, 1.807) is 13.8 Å². The molecule has 2 N–H and O–H groups in total. The molecule has 2 rings (SSSR count). The summed E-state index contributed by atoms with van der Waals surface area (Å²) in [5.74, 6) is 0.813. The van der Waals surface area contributed by atoms with Gasteiger partial charge in [-0.15, -0.1) is 0 Å². The lowest BCUT2D eigenvalue weighted by Gasteiger charge is -2.17. The van der Waals surface area contributed by atoms with E-state index >= 15 is 0 Å². The predicted octanol–water partition coefficient (Wildman–Crippen LogP) is 3.56. The van der Waals surface area contributed by atoms with Gasteiger partial charge < -0.3 is 20.3 Å². The largest absolute Gasteiger partial charge is 0.491 e. The quantitative estimate of drug-likeness (QED) is 0.359. The first-order valence-electron chi connectivity index (χ1n) is 10.4. The van der Waals surface area contributed by atoms with Crippen molar-refractivity contribution in [2.24, 2.45) is 4.99 Å². The number of guanidine groups is 1. The molecule has 1 saturated heterocycles. The molecule has 0 atom stereocenters. The highest BCUT2D eigenvalue weighted by Crippen LogP contribution is 2.35. The number of likely N-dealkylation sites (tertiary alicyclic amines) is 1. The minimum Gasteiger partial charge on any atom is -0.491 e. The smallest absolute Gasteiger partial charge is 0.416 e. The molecular weight excluding hydrogens is 397 g/mol. The average Bonchev–Trinajstić information content (AvgIpc) is 3.07. The van der Waals surface area contributed by atoms with Crippen LogP contribution >= 0.6 is 0 Å². The molecule has 9 heteroatoms. The Labute approximate surface area is 175 Å². The van der Waals surface area contributed by atoms with Gasteiger partial charge in [0.15, 0.2) is 5.96 Å². The number of hydrogen-bond acceptors (Lipinski definition) is 3. The zero-order chi connectivity index (χ0) is 22.1. The van der Waals surface area contributed by atoms with Crippen LogP contribution in [0.15, 0.2) is 23.2 Å². The number of rotatable bonds is 9. The zero-order valence-electron chi connectivity index (χ0n) is 17.8. The molecule has 0 bridgehead atoms. The number of ether oxygens (including phenoxy) is 1. The van der Waals surface area contributed by atoms with Crippen LogP contribution in [0.25, 0.3) is 0 Å². The number of nitrogens with one attached hydrogen (secondary N) is 2. The normalized spacial score (nSPS) is 15.1. The van der Waals surface area contributed by atoms with Crippen LogP contribution in [-0.4, -0.2) is 49.0 Å². The zero-order valence-corrected chi connectivity index (χ0v) is 17.8. The Bertz CT molecular complexity index is 735. The molecule has 1 heterocycles. The van der Waals surface area contributed by atoms with E-state index < -0.39 is 11.7 Å². The maximum absolute atomic E-state index is 13.5. The van der Waals surface area contributed by atoms with E-state index in [0.717, 1.165) is 25.5 Å². The molecule has 1 aromatic carbocycles. The first kappa shape index (κ1) is 23.8. The maximum atomic E-state index is 13.5. The van der Waals surface area contributed by atoms with Crippen molar-refractivity contribution in [1.82, 2.24) is 15.5 Å². The van der Waals surface area contributed by atoms with Crippen molar-refractivity contribution in [3.8, 4) is 5.75 Å². The Kier molecular flexibility index (Phi) is 8.80. The van der Waals surface area contributed by atoms with Gasteiger partial charge in [0.25, 0.3) is 0 Å². The van der Waals surface area contributed by atoms with Crippen molar-refractivity contribution < 1.29 is 22.7 Å². The minimum atomic E-state index is -4.49. The van der Waals surface area contributed by atoms with Crippen LogP contribution in [-0.2, 0) is 17.5 Å². The lowest BCUT2D eigenvalue weighted by atomic mass is 10.1. The fourth-order valence-electron chi connectivity index (χ4n) is 3.23. The predicted molar refractivity (Wildman–Crippen MR) is 110 cm³/mol. The number of carbonyl (C=O) groups is 1. The third kappa shape index (κ3) is 7.42. The topological polar surface area (TPSA) is 66.0 Å². The van der Waals surface area contributed by atoms with E-state index in [0.29, 0.717) is 32.0 Å². The molecule has 168 valence electrons. The van der Waals surface area contributed by atoms with Crippen LogP contribution in [0.5, 0.6) is 5.75 Å². The second kappa shape index (κ2) is 11.1. The molecule has 0 radical (unpaired) electrons. The summed E-state index contributed by atoms with van der Waals surface area (Å²) in [5.41, 5.74) is -0.661. The minimum absolute atomic E-state index is 0.0819. The Morgan fingerprint density at radius 1 is 1.30 bits per heavy atom. The van der Waals surface area contributed by atoms with Crippen LogP contribution < -0.4 is 15.4 Å². The first-order chi connectivity index (χ1) is 14.2. The highest BCUT2D eigenvalue weighted by Gasteiger charge is 2.33. The average molecular weight is 428 g/mol. The van der Waals surface area contributed by atoms with Gasteiger partial charge in [0, 0.05) is 32.6 Å². The molecule has 0 aromatic heterocycles. The van der Waals surface area contributed by atoms with E-state index in [1.807, 2.05) is 11.8 Å². The SMILES string of the molecule is CCNC(=NCc1ccc(OC(C)C)cc1C(F)(F)F)NCCCN1CCCC1=O. The van der Waals surface area contributed by atoms with Gasteiger partial charge in [0.05, 0.1) is 18.2 Å². The molecule has 30 heavy (non-hydrogen) atoms. The second-order valence-corrected chi connectivity index (χ2v) is 7.44. The van der Waals surface area contributed by atoms with Crippen molar-refractivity contribution in [2.75, 3.05) is 26.2 Å². The van der Waals surface area contributed by atoms with Crippen LogP contribution in [0.3, 0.4) is 0 Å². The lowest BCUT2D eigenvalue weighted by Crippen LogP contribution is -2.39. The Balaban J connectivity index is 2.00. The number of alkyl halides is 3. The summed E-state index contributed by atoms with van der Waals surface area (Å²) >= 11 is 0. The van der Waals surface area contributed by atoms with E-state index in [1.165, 1.54) is 12.1 Å². The number of benzene rings is 1. The molecule has 1 aliphatic heterocycles. The van der Waals surface area contributed by atoms with Gasteiger partial charge >= 0.3 is 6.18 Å². The number of hydrogen-bond donors (Lipinski definition) is 2. The Morgan fingerprint density at radius 3 is 2.67 bits per heavy atom. The molecular formula is C21H31F3N4O2. The van der Waals surface area contributed by atoms with Crippen molar-refractivity contribution >= 4 is 11.9 Å². The first-order valence-corrected chi connectivity index (χ1v) is 10.4. The molecule has 0 aliphatic carbocycles. The van der Waals surface area contributed by atoms with Crippen molar-refractivity contribution in [3.05, 3.63) is 29.3 Å². The van der Waals surface area contributed by atoms with E-state index in [-0.39, 0.29) is 29.9 Å². The molecule has 1 fully saturated rings. The summed E-state index contributed by atoms with van der Waals surface area (Å²) in [7, 11) is 0. The van der Waals surface area contributed by atoms with Crippen molar-refractivity contribution in [2.45, 2.75) is 58.9 Å². The van der Waals surface area contributed by atoms with Crippen molar-refractivity contribution in [3.63, 3.8) is 0 Å². The fraction of sp³-hybridized carbons (Fsp3) is 0.619. The van der Waals surface area contributed by atoms with Crippen LogP contribution in [0, 0.1) is 0 Å². The molecule has 1 aliphatic rings. The van der Waals surface area contributed by atoms with E-state index in [9.17, 15) is 18.0 Å². The molecule has 1 amide bonds. The third-order valence-electron chi connectivity index (χ3n) is 4.58. The summed E-state index contributed by atoms with van der Waals surface area (Å²) in [4.78, 5) is 17.8. The number of aliphatic imine (C=N–C) groups is 1.